The number of hydrogen-bond donors (Lipinski definition) is 0. The third-order valence-corrected chi connectivity index (χ3v) is 1.83. The molecule has 0 aliphatic rings. The van der Waals surface area contributed by atoms with Crippen LogP contribution in [0.25, 0.3) is 0 Å². The van der Waals surface area contributed by atoms with E-state index in [1.807, 2.05) is 37.3 Å². The van der Waals surface area contributed by atoms with E-state index >= 15 is 0 Å². The van der Waals surface area contributed by atoms with Crippen LogP contribution in [0.3, 0.4) is 0 Å². The zero-order valence-electron chi connectivity index (χ0n) is 6.66. The molecule has 0 aliphatic carbocycles. The number of hydrogen-bond acceptors (Lipinski definition) is 1. The molecule has 1 heteroatoms. The predicted molar refractivity (Wildman–Crippen MR) is 45.5 cm³/mol. The molecule has 0 saturated carbocycles. The molecule has 0 aromatic heterocycles. The molecule has 1 aromatic carbocycles. The van der Waals surface area contributed by atoms with Crippen LogP contribution in [-0.2, 0) is 4.79 Å². The van der Waals surface area contributed by atoms with E-state index in [0.29, 0.717) is 0 Å². The Morgan fingerprint density at radius 2 is 2.00 bits per heavy atom. The average molecular weight is 148 g/mol. The Morgan fingerprint density at radius 1 is 1.36 bits per heavy atom. The van der Waals surface area contributed by atoms with E-state index in [2.05, 4.69) is 0 Å². The van der Waals surface area contributed by atoms with Gasteiger partial charge in [0.2, 0.25) is 0 Å². The maximum atomic E-state index is 10.5. The summed E-state index contributed by atoms with van der Waals surface area (Å²) in [5, 5.41) is 0. The summed E-state index contributed by atoms with van der Waals surface area (Å²) in [7, 11) is 0. The van der Waals surface area contributed by atoms with Crippen LogP contribution in [0.2, 0.25) is 0 Å². The SMILES string of the molecule is CC[C@@H](C=O)c1ccccc1. The lowest BCUT2D eigenvalue weighted by Crippen LogP contribution is -1.96. The highest BCUT2D eigenvalue weighted by Crippen LogP contribution is 2.15. The normalized spacial score (nSPS) is 12.5. The van der Waals surface area contributed by atoms with E-state index in [9.17, 15) is 4.79 Å². The van der Waals surface area contributed by atoms with Gasteiger partial charge in [-0.25, -0.2) is 0 Å². The Bertz CT molecular complexity index is 216. The van der Waals surface area contributed by atoms with Crippen molar-refractivity contribution in [2.24, 2.45) is 0 Å². The molecule has 0 fully saturated rings. The number of aldehydes is 1. The first kappa shape index (κ1) is 7.99. The minimum absolute atomic E-state index is 0.0798. The zero-order valence-corrected chi connectivity index (χ0v) is 6.66. The Hall–Kier alpha value is -1.11. The summed E-state index contributed by atoms with van der Waals surface area (Å²) in [6, 6.07) is 9.86. The van der Waals surface area contributed by atoms with E-state index < -0.39 is 0 Å². The second-order valence-electron chi connectivity index (χ2n) is 2.56. The van der Waals surface area contributed by atoms with E-state index in [0.717, 1.165) is 18.3 Å². The second kappa shape index (κ2) is 3.91. The highest BCUT2D eigenvalue weighted by Gasteiger charge is 2.04. The molecule has 0 N–H and O–H groups in total. The molecule has 1 aromatic rings. The fourth-order valence-corrected chi connectivity index (χ4v) is 1.11. The summed E-state index contributed by atoms with van der Waals surface area (Å²) in [4.78, 5) is 10.5. The summed E-state index contributed by atoms with van der Waals surface area (Å²) < 4.78 is 0. The molecule has 0 radical (unpaired) electrons. The molecular weight excluding hydrogens is 136 g/mol. The summed E-state index contributed by atoms with van der Waals surface area (Å²) in [5.41, 5.74) is 1.12. The van der Waals surface area contributed by atoms with Gasteiger partial charge < -0.3 is 4.79 Å². The van der Waals surface area contributed by atoms with Gasteiger partial charge in [-0.3, -0.25) is 0 Å². The van der Waals surface area contributed by atoms with Gasteiger partial charge in [-0.2, -0.15) is 0 Å². The lowest BCUT2D eigenvalue weighted by Gasteiger charge is -2.05. The lowest BCUT2D eigenvalue weighted by molar-refractivity contribution is -0.109. The van der Waals surface area contributed by atoms with Crippen LogP contribution in [0, 0.1) is 0 Å². The molecule has 0 spiro atoms. The van der Waals surface area contributed by atoms with Crippen molar-refractivity contribution in [2.75, 3.05) is 0 Å². The van der Waals surface area contributed by atoms with Gasteiger partial charge in [-0.15, -0.1) is 0 Å². The number of carbonyl (C=O) groups is 1. The van der Waals surface area contributed by atoms with E-state index in [1.165, 1.54) is 0 Å². The molecule has 0 bridgehead atoms. The molecule has 0 amide bonds. The van der Waals surface area contributed by atoms with Crippen LogP contribution < -0.4 is 0 Å². The van der Waals surface area contributed by atoms with Gasteiger partial charge in [0.25, 0.3) is 0 Å². The minimum Gasteiger partial charge on any atom is -0.303 e. The highest BCUT2D eigenvalue weighted by atomic mass is 16.1. The van der Waals surface area contributed by atoms with Gasteiger partial charge in [0.1, 0.15) is 6.29 Å². The number of rotatable bonds is 3. The molecule has 0 heterocycles. The maximum Gasteiger partial charge on any atom is 0.127 e. The van der Waals surface area contributed by atoms with Crippen molar-refractivity contribution in [2.45, 2.75) is 19.3 Å². The van der Waals surface area contributed by atoms with Gasteiger partial charge in [-0.05, 0) is 12.0 Å². The van der Waals surface area contributed by atoms with Crippen LogP contribution >= 0.6 is 0 Å². The average Bonchev–Trinajstić information content (AvgIpc) is 2.09. The first-order valence-electron chi connectivity index (χ1n) is 3.88. The number of carbonyl (C=O) groups excluding carboxylic acids is 1. The Labute approximate surface area is 67.1 Å². The summed E-state index contributed by atoms with van der Waals surface area (Å²) in [5.74, 6) is 0.0798. The largest absolute Gasteiger partial charge is 0.303 e. The van der Waals surface area contributed by atoms with Crippen molar-refractivity contribution in [3.05, 3.63) is 35.9 Å². The molecule has 0 aliphatic heterocycles. The molecule has 11 heavy (non-hydrogen) atoms. The van der Waals surface area contributed by atoms with Gasteiger partial charge in [0.05, 0.1) is 0 Å². The fraction of sp³-hybridized carbons (Fsp3) is 0.300. The van der Waals surface area contributed by atoms with Gasteiger partial charge in [0, 0.05) is 5.92 Å². The minimum atomic E-state index is 0.0798. The molecular formula is C10H12O. The predicted octanol–water partition coefficient (Wildman–Crippen LogP) is 2.38. The van der Waals surface area contributed by atoms with Gasteiger partial charge in [-0.1, -0.05) is 37.3 Å². The monoisotopic (exact) mass is 148 g/mol. The van der Waals surface area contributed by atoms with Crippen molar-refractivity contribution in [1.29, 1.82) is 0 Å². The van der Waals surface area contributed by atoms with Crippen molar-refractivity contribution in [3.8, 4) is 0 Å². The molecule has 1 rings (SSSR count). The van der Waals surface area contributed by atoms with E-state index in [4.69, 9.17) is 0 Å². The van der Waals surface area contributed by atoms with E-state index in [1.54, 1.807) is 0 Å². The molecule has 1 atom stereocenters. The summed E-state index contributed by atoms with van der Waals surface area (Å²) in [6.07, 6.45) is 1.89. The van der Waals surface area contributed by atoms with Crippen LogP contribution in [0.1, 0.15) is 24.8 Å². The smallest absolute Gasteiger partial charge is 0.127 e. The number of benzene rings is 1. The van der Waals surface area contributed by atoms with Crippen molar-refractivity contribution < 1.29 is 4.79 Å². The summed E-state index contributed by atoms with van der Waals surface area (Å²) >= 11 is 0. The van der Waals surface area contributed by atoms with Gasteiger partial charge in [0.15, 0.2) is 0 Å². The molecule has 58 valence electrons. The third kappa shape index (κ3) is 1.90. The molecule has 1 nitrogen and oxygen atoms in total. The summed E-state index contributed by atoms with van der Waals surface area (Å²) in [6.45, 7) is 2.02. The van der Waals surface area contributed by atoms with Crippen LogP contribution in [0.15, 0.2) is 30.3 Å². The second-order valence-corrected chi connectivity index (χ2v) is 2.56. The van der Waals surface area contributed by atoms with Gasteiger partial charge >= 0.3 is 0 Å². The quantitative estimate of drug-likeness (QED) is 0.601. The highest BCUT2D eigenvalue weighted by molar-refractivity contribution is 5.61. The van der Waals surface area contributed by atoms with Crippen LogP contribution in [-0.4, -0.2) is 6.29 Å². The third-order valence-electron chi connectivity index (χ3n) is 1.83. The maximum absolute atomic E-state index is 10.5. The molecule has 0 unspecified atom stereocenters. The Kier molecular flexibility index (Phi) is 2.84. The Morgan fingerprint density at radius 3 is 2.45 bits per heavy atom. The van der Waals surface area contributed by atoms with Crippen LogP contribution in [0.5, 0.6) is 0 Å². The standard InChI is InChI=1S/C10H12O/c1-2-9(8-11)10-6-4-3-5-7-10/h3-9H,2H2,1H3/t9-/m0/s1. The van der Waals surface area contributed by atoms with Crippen molar-refractivity contribution in [3.63, 3.8) is 0 Å². The zero-order chi connectivity index (χ0) is 8.10. The fourth-order valence-electron chi connectivity index (χ4n) is 1.11. The van der Waals surface area contributed by atoms with Crippen molar-refractivity contribution in [1.82, 2.24) is 0 Å². The lowest BCUT2D eigenvalue weighted by atomic mass is 9.98. The topological polar surface area (TPSA) is 17.1 Å². The first-order chi connectivity index (χ1) is 5.38. The Balaban J connectivity index is 2.82. The first-order valence-corrected chi connectivity index (χ1v) is 3.88. The van der Waals surface area contributed by atoms with Crippen molar-refractivity contribution >= 4 is 6.29 Å². The van der Waals surface area contributed by atoms with Crippen LogP contribution in [0.4, 0.5) is 0 Å². The van der Waals surface area contributed by atoms with E-state index in [-0.39, 0.29) is 5.92 Å². The molecule has 0 saturated heterocycles.